The SMILES string of the molecule is C=C/C=C(\C)CCC1c2cc(C)ccc2-c2cc(C)c(C)c[n+]2C1CC(=C)N=C. The van der Waals surface area contributed by atoms with Gasteiger partial charge in [0.25, 0.3) is 0 Å². The number of nitrogens with zero attached hydrogens (tertiary/aromatic N) is 2. The average molecular weight is 386 g/mol. The van der Waals surface area contributed by atoms with Crippen LogP contribution in [0.1, 0.15) is 60.4 Å². The van der Waals surface area contributed by atoms with Crippen LogP contribution >= 0.6 is 0 Å². The summed E-state index contributed by atoms with van der Waals surface area (Å²) in [5.41, 5.74) is 10.3. The summed E-state index contributed by atoms with van der Waals surface area (Å²) in [6.07, 6.45) is 9.26. The largest absolute Gasteiger partial charge is 0.269 e. The molecule has 1 aliphatic rings. The highest BCUT2D eigenvalue weighted by Crippen LogP contribution is 2.44. The third kappa shape index (κ3) is 4.32. The summed E-state index contributed by atoms with van der Waals surface area (Å²) in [5, 5.41) is 0. The first kappa shape index (κ1) is 21.0. The standard InChI is InChI=1S/C27H33N2/c1-8-9-18(2)10-12-24-25-14-19(3)11-13-23(25)26-15-20(4)21(5)17-29(26)27(24)16-22(6)28-7/h8-9,11,13-15,17,24,27H,1,6-7,10,12,16H2,2-5H3/q+1/b18-9+. The monoisotopic (exact) mass is 385 g/mol. The van der Waals surface area contributed by atoms with Gasteiger partial charge >= 0.3 is 0 Å². The second kappa shape index (κ2) is 8.73. The number of allylic oxidation sites excluding steroid dienone is 4. The Kier molecular flexibility index (Phi) is 6.32. The van der Waals surface area contributed by atoms with Crippen molar-refractivity contribution in [2.24, 2.45) is 4.99 Å². The molecule has 29 heavy (non-hydrogen) atoms. The summed E-state index contributed by atoms with van der Waals surface area (Å²) >= 11 is 0. The van der Waals surface area contributed by atoms with Crippen LogP contribution in [0.25, 0.3) is 11.3 Å². The molecule has 2 heterocycles. The van der Waals surface area contributed by atoms with E-state index in [2.05, 4.69) is 93.7 Å². The van der Waals surface area contributed by atoms with Crippen molar-refractivity contribution < 1.29 is 4.57 Å². The summed E-state index contributed by atoms with van der Waals surface area (Å²) in [6, 6.07) is 9.51. The Morgan fingerprint density at radius 2 is 1.93 bits per heavy atom. The fourth-order valence-corrected chi connectivity index (χ4v) is 4.45. The maximum Gasteiger partial charge on any atom is 0.213 e. The van der Waals surface area contributed by atoms with Crippen LogP contribution < -0.4 is 4.57 Å². The molecule has 0 aliphatic carbocycles. The number of benzene rings is 1. The molecule has 0 bridgehead atoms. The summed E-state index contributed by atoms with van der Waals surface area (Å²) < 4.78 is 2.47. The molecular weight excluding hydrogens is 352 g/mol. The number of hydrogen-bond acceptors (Lipinski definition) is 1. The predicted octanol–water partition coefficient (Wildman–Crippen LogP) is 6.72. The van der Waals surface area contributed by atoms with E-state index in [0.717, 1.165) is 25.0 Å². The van der Waals surface area contributed by atoms with Crippen molar-refractivity contribution in [3.05, 3.63) is 89.3 Å². The highest BCUT2D eigenvalue weighted by atomic mass is 15.0. The van der Waals surface area contributed by atoms with Gasteiger partial charge in [-0.2, -0.15) is 4.57 Å². The highest BCUT2D eigenvalue weighted by Gasteiger charge is 2.40. The normalized spacial score (nSPS) is 18.0. The Morgan fingerprint density at radius 1 is 1.17 bits per heavy atom. The van der Waals surface area contributed by atoms with Gasteiger partial charge in [0.05, 0.1) is 6.42 Å². The molecule has 0 saturated heterocycles. The maximum atomic E-state index is 4.15. The van der Waals surface area contributed by atoms with Crippen LogP contribution in [0.5, 0.6) is 0 Å². The average Bonchev–Trinajstić information content (AvgIpc) is 2.68. The van der Waals surface area contributed by atoms with Crippen molar-refractivity contribution in [3.8, 4) is 11.3 Å². The molecular formula is C27H33N2+. The molecule has 0 amide bonds. The molecule has 0 saturated carbocycles. The van der Waals surface area contributed by atoms with Gasteiger partial charge in [0, 0.05) is 28.8 Å². The first-order valence-electron chi connectivity index (χ1n) is 10.4. The number of hydrogen-bond donors (Lipinski definition) is 0. The third-order valence-corrected chi connectivity index (χ3v) is 6.21. The topological polar surface area (TPSA) is 16.2 Å². The zero-order chi connectivity index (χ0) is 21.1. The van der Waals surface area contributed by atoms with Gasteiger partial charge in [-0.1, -0.05) is 48.6 Å². The Hall–Kier alpha value is -2.74. The second-order valence-corrected chi connectivity index (χ2v) is 8.41. The minimum Gasteiger partial charge on any atom is -0.269 e. The second-order valence-electron chi connectivity index (χ2n) is 8.41. The fraction of sp³-hybridized carbons (Fsp3) is 0.333. The van der Waals surface area contributed by atoms with Crippen LogP contribution in [0, 0.1) is 20.8 Å². The van der Waals surface area contributed by atoms with Gasteiger partial charge < -0.3 is 0 Å². The van der Waals surface area contributed by atoms with Gasteiger partial charge in [-0.15, -0.1) is 0 Å². The molecule has 2 atom stereocenters. The minimum absolute atomic E-state index is 0.285. The molecule has 2 unspecified atom stereocenters. The first-order chi connectivity index (χ1) is 13.8. The van der Waals surface area contributed by atoms with Gasteiger partial charge in [-0.25, -0.2) is 0 Å². The summed E-state index contributed by atoms with van der Waals surface area (Å²) in [5.74, 6) is 0.399. The van der Waals surface area contributed by atoms with E-state index in [1.165, 1.54) is 39.1 Å². The van der Waals surface area contributed by atoms with E-state index >= 15 is 0 Å². The molecule has 2 nitrogen and oxygen atoms in total. The zero-order valence-corrected chi connectivity index (χ0v) is 18.3. The van der Waals surface area contributed by atoms with Crippen LogP contribution in [0.3, 0.4) is 0 Å². The summed E-state index contributed by atoms with van der Waals surface area (Å²) in [4.78, 5) is 4.15. The molecule has 2 heteroatoms. The van der Waals surface area contributed by atoms with E-state index < -0.39 is 0 Å². The molecule has 3 rings (SSSR count). The summed E-state index contributed by atoms with van der Waals surface area (Å²) in [6.45, 7) is 20.5. The van der Waals surface area contributed by atoms with Crippen molar-refractivity contribution in [1.82, 2.24) is 0 Å². The Labute approximate surface area is 176 Å². The smallest absolute Gasteiger partial charge is 0.213 e. The van der Waals surface area contributed by atoms with Gasteiger partial charge in [0.1, 0.15) is 0 Å². The number of aliphatic imine (C=N–C) groups is 1. The van der Waals surface area contributed by atoms with Crippen LogP contribution in [0.2, 0.25) is 0 Å². The van der Waals surface area contributed by atoms with E-state index in [9.17, 15) is 0 Å². The lowest BCUT2D eigenvalue weighted by Crippen LogP contribution is -2.48. The molecule has 0 radical (unpaired) electrons. The number of rotatable bonds is 7. The Bertz CT molecular complexity index is 994. The van der Waals surface area contributed by atoms with Crippen LogP contribution in [-0.4, -0.2) is 6.72 Å². The molecule has 1 aliphatic heterocycles. The maximum absolute atomic E-state index is 4.15. The van der Waals surface area contributed by atoms with Gasteiger partial charge in [0.15, 0.2) is 12.2 Å². The molecule has 1 aromatic carbocycles. The molecule has 150 valence electrons. The van der Waals surface area contributed by atoms with E-state index in [4.69, 9.17) is 0 Å². The van der Waals surface area contributed by atoms with Crippen molar-refractivity contribution in [3.63, 3.8) is 0 Å². The molecule has 2 aromatic rings. The number of fused-ring (bicyclic) bond motifs is 3. The van der Waals surface area contributed by atoms with E-state index in [0.29, 0.717) is 5.92 Å². The first-order valence-corrected chi connectivity index (χ1v) is 10.4. The Morgan fingerprint density at radius 3 is 2.62 bits per heavy atom. The third-order valence-electron chi connectivity index (χ3n) is 6.21. The molecule has 0 N–H and O–H groups in total. The van der Waals surface area contributed by atoms with Gasteiger partial charge in [0.2, 0.25) is 5.69 Å². The van der Waals surface area contributed by atoms with Crippen LogP contribution in [0.15, 0.2) is 72.0 Å². The quantitative estimate of drug-likeness (QED) is 0.286. The molecule has 0 fully saturated rings. The van der Waals surface area contributed by atoms with E-state index in [1.807, 2.05) is 6.08 Å². The molecule has 1 aromatic heterocycles. The molecule has 0 spiro atoms. The summed E-state index contributed by atoms with van der Waals surface area (Å²) in [7, 11) is 0. The van der Waals surface area contributed by atoms with Crippen molar-refractivity contribution >= 4 is 6.72 Å². The van der Waals surface area contributed by atoms with Crippen molar-refractivity contribution in [2.75, 3.05) is 0 Å². The van der Waals surface area contributed by atoms with Crippen LogP contribution in [0.4, 0.5) is 0 Å². The van der Waals surface area contributed by atoms with Gasteiger partial charge in [-0.05, 0) is 64.4 Å². The predicted molar refractivity (Wildman–Crippen MR) is 125 cm³/mol. The number of aryl methyl sites for hydroxylation is 3. The van der Waals surface area contributed by atoms with Crippen molar-refractivity contribution in [1.29, 1.82) is 0 Å². The Balaban J connectivity index is 2.17. The van der Waals surface area contributed by atoms with Crippen molar-refractivity contribution in [2.45, 2.75) is 58.9 Å². The van der Waals surface area contributed by atoms with Gasteiger partial charge in [-0.3, -0.25) is 4.99 Å². The lowest BCUT2D eigenvalue weighted by atomic mass is 9.77. The highest BCUT2D eigenvalue weighted by molar-refractivity contribution is 5.65. The lowest BCUT2D eigenvalue weighted by Gasteiger charge is -2.31. The minimum atomic E-state index is 0.285. The number of aromatic nitrogens is 1. The lowest BCUT2D eigenvalue weighted by molar-refractivity contribution is -0.718. The fourth-order valence-electron chi connectivity index (χ4n) is 4.45. The van der Waals surface area contributed by atoms with E-state index in [-0.39, 0.29) is 6.04 Å². The van der Waals surface area contributed by atoms with Crippen LogP contribution in [-0.2, 0) is 0 Å². The zero-order valence-electron chi connectivity index (χ0n) is 18.3. The van der Waals surface area contributed by atoms with E-state index in [1.54, 1.807) is 0 Å². The number of pyridine rings is 1.